The summed E-state index contributed by atoms with van der Waals surface area (Å²) in [4.78, 5) is 45.5. The lowest BCUT2D eigenvalue weighted by molar-refractivity contribution is -0.144. The highest BCUT2D eigenvalue weighted by Crippen LogP contribution is 2.17. The van der Waals surface area contributed by atoms with Crippen molar-refractivity contribution < 1.29 is 29.4 Å². The molecular formula is C27H48O6. The number of Topliss-reactive ketones (excluding diaryl/α,β-unsaturated/α-hetero) is 2. The summed E-state index contributed by atoms with van der Waals surface area (Å²) in [7, 11) is 0. The van der Waals surface area contributed by atoms with Crippen LogP contribution in [0.3, 0.4) is 0 Å². The van der Waals surface area contributed by atoms with Gasteiger partial charge in [0.2, 0.25) is 0 Å². The molecule has 1 atom stereocenters. The molecule has 0 aromatic heterocycles. The van der Waals surface area contributed by atoms with E-state index in [1.54, 1.807) is 0 Å². The van der Waals surface area contributed by atoms with Crippen LogP contribution in [0.2, 0.25) is 0 Å². The summed E-state index contributed by atoms with van der Waals surface area (Å²) in [5.74, 6) is -2.30. The van der Waals surface area contributed by atoms with Gasteiger partial charge in [-0.15, -0.1) is 0 Å². The van der Waals surface area contributed by atoms with Crippen molar-refractivity contribution in [2.45, 2.75) is 142 Å². The highest BCUT2D eigenvalue weighted by molar-refractivity contribution is 5.84. The minimum atomic E-state index is -0.969. The summed E-state index contributed by atoms with van der Waals surface area (Å²) in [5.41, 5.74) is 0. The molecule has 33 heavy (non-hydrogen) atoms. The lowest BCUT2D eigenvalue weighted by Gasteiger charge is -2.11. The summed E-state index contributed by atoms with van der Waals surface area (Å²) in [6, 6.07) is 0. The topological polar surface area (TPSA) is 109 Å². The maximum absolute atomic E-state index is 12.1. The summed E-state index contributed by atoms with van der Waals surface area (Å²) in [6.45, 7) is 1.93. The van der Waals surface area contributed by atoms with Gasteiger partial charge in [-0.1, -0.05) is 84.0 Å². The van der Waals surface area contributed by atoms with Crippen LogP contribution in [0.4, 0.5) is 0 Å². The van der Waals surface area contributed by atoms with Crippen molar-refractivity contribution in [1.82, 2.24) is 0 Å². The van der Waals surface area contributed by atoms with Crippen molar-refractivity contribution in [3.05, 3.63) is 0 Å². The Kier molecular flexibility index (Phi) is 20.9. The van der Waals surface area contributed by atoms with Crippen molar-refractivity contribution in [3.63, 3.8) is 0 Å². The van der Waals surface area contributed by atoms with E-state index in [9.17, 15) is 24.3 Å². The van der Waals surface area contributed by atoms with Gasteiger partial charge in [0.15, 0.2) is 0 Å². The number of carboxylic acid groups (broad SMARTS) is 2. The van der Waals surface area contributed by atoms with Crippen LogP contribution in [0.5, 0.6) is 0 Å². The molecular weight excluding hydrogens is 420 g/mol. The van der Waals surface area contributed by atoms with E-state index in [0.717, 1.165) is 44.9 Å². The molecule has 6 nitrogen and oxygen atoms in total. The van der Waals surface area contributed by atoms with Crippen LogP contribution in [0.15, 0.2) is 0 Å². The Labute approximate surface area is 200 Å². The maximum Gasteiger partial charge on any atom is 0.306 e. The number of carboxylic acids is 2. The molecule has 0 aliphatic rings. The zero-order valence-electron chi connectivity index (χ0n) is 21.0. The third-order valence-corrected chi connectivity index (χ3v) is 6.22. The second-order valence-corrected chi connectivity index (χ2v) is 9.45. The predicted octanol–water partition coefficient (Wildman–Crippen LogP) is 7.12. The molecule has 0 bridgehead atoms. The van der Waals surface area contributed by atoms with Crippen LogP contribution in [0.25, 0.3) is 0 Å². The first kappa shape index (κ1) is 31.3. The van der Waals surface area contributed by atoms with Crippen molar-refractivity contribution in [1.29, 1.82) is 0 Å². The van der Waals surface area contributed by atoms with Gasteiger partial charge in [-0.3, -0.25) is 19.2 Å². The fourth-order valence-corrected chi connectivity index (χ4v) is 4.15. The van der Waals surface area contributed by atoms with Gasteiger partial charge in [0, 0.05) is 32.1 Å². The van der Waals surface area contributed by atoms with Gasteiger partial charge >= 0.3 is 11.9 Å². The Hall–Kier alpha value is -1.72. The molecule has 0 aliphatic carbocycles. The van der Waals surface area contributed by atoms with E-state index in [-0.39, 0.29) is 30.8 Å². The number of carbonyl (C=O) groups excluding carboxylic acids is 2. The van der Waals surface area contributed by atoms with E-state index < -0.39 is 17.9 Å². The Morgan fingerprint density at radius 2 is 0.970 bits per heavy atom. The number of aliphatic carboxylic acids is 2. The zero-order valence-corrected chi connectivity index (χ0v) is 21.0. The summed E-state index contributed by atoms with van der Waals surface area (Å²) >= 11 is 0. The van der Waals surface area contributed by atoms with Gasteiger partial charge in [-0.05, 0) is 25.7 Å². The summed E-state index contributed by atoms with van der Waals surface area (Å²) in [5, 5.41) is 17.9. The average molecular weight is 469 g/mol. The molecule has 0 saturated carbocycles. The lowest BCUT2D eigenvalue weighted by Crippen LogP contribution is -2.19. The molecule has 0 aromatic rings. The van der Waals surface area contributed by atoms with E-state index >= 15 is 0 Å². The van der Waals surface area contributed by atoms with Gasteiger partial charge in [0.25, 0.3) is 0 Å². The fraction of sp³-hybridized carbons (Fsp3) is 0.852. The van der Waals surface area contributed by atoms with E-state index in [1.165, 1.54) is 51.4 Å². The van der Waals surface area contributed by atoms with Gasteiger partial charge in [-0.2, -0.15) is 0 Å². The third kappa shape index (κ3) is 21.9. The minimum absolute atomic E-state index is 0.00669. The fourth-order valence-electron chi connectivity index (χ4n) is 4.15. The molecule has 0 fully saturated rings. The second kappa shape index (κ2) is 22.1. The van der Waals surface area contributed by atoms with E-state index in [2.05, 4.69) is 0 Å². The van der Waals surface area contributed by atoms with Gasteiger partial charge < -0.3 is 10.2 Å². The van der Waals surface area contributed by atoms with Gasteiger partial charge in [-0.25, -0.2) is 0 Å². The second-order valence-electron chi connectivity index (χ2n) is 9.45. The van der Waals surface area contributed by atoms with Crippen molar-refractivity contribution in [3.8, 4) is 0 Å². The number of hydrogen-bond donors (Lipinski definition) is 2. The monoisotopic (exact) mass is 468 g/mol. The first-order valence-corrected chi connectivity index (χ1v) is 13.3. The van der Waals surface area contributed by atoms with Crippen LogP contribution in [-0.4, -0.2) is 33.7 Å². The summed E-state index contributed by atoms with van der Waals surface area (Å²) in [6.07, 6.45) is 18.5. The molecule has 192 valence electrons. The Balaban J connectivity index is 3.52. The smallest absolute Gasteiger partial charge is 0.306 e. The van der Waals surface area contributed by atoms with Crippen molar-refractivity contribution >= 4 is 23.5 Å². The van der Waals surface area contributed by atoms with Crippen LogP contribution in [0.1, 0.15) is 142 Å². The average Bonchev–Trinajstić information content (AvgIpc) is 2.76. The molecule has 0 aromatic carbocycles. The van der Waals surface area contributed by atoms with Crippen LogP contribution in [-0.2, 0) is 19.2 Å². The van der Waals surface area contributed by atoms with Crippen molar-refractivity contribution in [2.24, 2.45) is 5.92 Å². The molecule has 0 amide bonds. The number of ketones is 2. The molecule has 0 aliphatic heterocycles. The molecule has 0 unspecified atom stereocenters. The molecule has 2 N–H and O–H groups in total. The molecule has 0 saturated heterocycles. The molecule has 0 heterocycles. The lowest BCUT2D eigenvalue weighted by atomic mass is 9.93. The number of unbranched alkanes of at least 4 members (excludes halogenated alkanes) is 13. The SMILES string of the molecule is CCCC(=O)CC[C@H](CC(=O)CCCCCCCCCCCCCCCCC(=O)O)C(=O)O. The van der Waals surface area contributed by atoms with Crippen LogP contribution in [0, 0.1) is 5.92 Å². The number of hydrogen-bond acceptors (Lipinski definition) is 4. The quantitative estimate of drug-likeness (QED) is 0.138. The minimum Gasteiger partial charge on any atom is -0.481 e. The van der Waals surface area contributed by atoms with E-state index in [0.29, 0.717) is 19.3 Å². The summed E-state index contributed by atoms with van der Waals surface area (Å²) < 4.78 is 0. The largest absolute Gasteiger partial charge is 0.481 e. The van der Waals surface area contributed by atoms with Crippen LogP contribution < -0.4 is 0 Å². The third-order valence-electron chi connectivity index (χ3n) is 6.22. The highest BCUT2D eigenvalue weighted by Gasteiger charge is 2.21. The Morgan fingerprint density at radius 1 is 0.545 bits per heavy atom. The van der Waals surface area contributed by atoms with Crippen molar-refractivity contribution in [2.75, 3.05) is 0 Å². The molecule has 6 heteroatoms. The Morgan fingerprint density at radius 3 is 1.36 bits per heavy atom. The first-order valence-electron chi connectivity index (χ1n) is 13.3. The first-order chi connectivity index (χ1) is 15.9. The van der Waals surface area contributed by atoms with E-state index in [1.807, 2.05) is 6.92 Å². The zero-order chi connectivity index (χ0) is 24.7. The van der Waals surface area contributed by atoms with Gasteiger partial charge in [0.05, 0.1) is 5.92 Å². The molecule has 0 rings (SSSR count). The molecule has 0 spiro atoms. The standard InChI is InChI=1S/C27H48O6/c1-2-17-24(28)21-20-23(27(32)33)22-25(29)18-15-13-11-9-7-5-3-4-6-8-10-12-14-16-19-26(30)31/h23H,2-22H2,1H3,(H,30,31)(H,32,33)/t23-/m1/s1. The number of carbonyl (C=O) groups is 4. The van der Waals surface area contributed by atoms with Crippen LogP contribution >= 0.6 is 0 Å². The normalized spacial score (nSPS) is 11.9. The highest BCUT2D eigenvalue weighted by atomic mass is 16.4. The predicted molar refractivity (Wildman–Crippen MR) is 131 cm³/mol. The maximum atomic E-state index is 12.1. The van der Waals surface area contributed by atoms with E-state index in [4.69, 9.17) is 5.11 Å². The van der Waals surface area contributed by atoms with Gasteiger partial charge in [0.1, 0.15) is 11.6 Å². The number of rotatable bonds is 25. The molecule has 0 radical (unpaired) electrons. The Bertz CT molecular complexity index is 543.